The van der Waals surface area contributed by atoms with Gasteiger partial charge in [0.2, 0.25) is 0 Å². The van der Waals surface area contributed by atoms with Gasteiger partial charge in [0.1, 0.15) is 11.6 Å². The molecule has 3 aliphatic rings. The quantitative estimate of drug-likeness (QED) is 0.647. The molecule has 2 fully saturated rings. The fraction of sp³-hybridized carbons (Fsp3) is 0.458. The van der Waals surface area contributed by atoms with Gasteiger partial charge in [-0.15, -0.1) is 4.40 Å². The number of nitrogens with zero attached hydrogens (tertiary/aromatic N) is 4. The number of nitrogens with two attached hydrogens (primary N) is 1. The summed E-state index contributed by atoms with van der Waals surface area (Å²) in [4.78, 5) is 21.9. The molecule has 1 amide bonds. The molecule has 4 heterocycles. The van der Waals surface area contributed by atoms with Crippen molar-refractivity contribution in [1.29, 1.82) is 0 Å². The van der Waals surface area contributed by atoms with Crippen LogP contribution >= 0.6 is 0 Å². The number of pyridine rings is 1. The minimum Gasteiger partial charge on any atom is -0.492 e. The van der Waals surface area contributed by atoms with Gasteiger partial charge in [0.25, 0.3) is 5.91 Å². The second-order valence-electron chi connectivity index (χ2n) is 9.25. The third-order valence-electron chi connectivity index (χ3n) is 6.69. The van der Waals surface area contributed by atoms with Crippen molar-refractivity contribution in [2.24, 2.45) is 16.0 Å². The number of nitrogens with one attached hydrogen (secondary N) is 1. The van der Waals surface area contributed by atoms with E-state index in [2.05, 4.69) is 19.0 Å². The molecule has 0 spiro atoms. The van der Waals surface area contributed by atoms with Crippen LogP contribution in [0.25, 0.3) is 0 Å². The maximum atomic E-state index is 13.3. The number of fused-ring (bicyclic) bond motifs is 1. The van der Waals surface area contributed by atoms with E-state index < -0.39 is 10.2 Å². The van der Waals surface area contributed by atoms with Gasteiger partial charge in [0.15, 0.2) is 5.84 Å². The Balaban J connectivity index is 1.24. The zero-order chi connectivity index (χ0) is 24.4. The molecule has 0 saturated carbocycles. The molecule has 1 aromatic carbocycles. The number of aromatic nitrogens is 1. The van der Waals surface area contributed by atoms with Crippen molar-refractivity contribution in [3.05, 3.63) is 47.7 Å². The number of rotatable bonds is 5. The van der Waals surface area contributed by atoms with Crippen molar-refractivity contribution in [3.63, 3.8) is 0 Å². The number of likely N-dealkylation sites (tertiary alicyclic amines) is 1. The van der Waals surface area contributed by atoms with Gasteiger partial charge >= 0.3 is 10.2 Å². The minimum atomic E-state index is -3.85. The van der Waals surface area contributed by atoms with Crippen LogP contribution in [-0.2, 0) is 10.2 Å². The number of carbonyl (C=O) groups excluding carboxylic acids is 1. The largest absolute Gasteiger partial charge is 0.492 e. The van der Waals surface area contributed by atoms with E-state index in [0.717, 1.165) is 44.6 Å². The van der Waals surface area contributed by atoms with Crippen molar-refractivity contribution in [2.45, 2.75) is 32.1 Å². The van der Waals surface area contributed by atoms with Gasteiger partial charge in [-0.2, -0.15) is 8.42 Å². The van der Waals surface area contributed by atoms with E-state index >= 15 is 0 Å². The molecule has 11 heteroatoms. The molecule has 5 rings (SSSR count). The Morgan fingerprint density at radius 1 is 1.14 bits per heavy atom. The number of amides is 1. The fourth-order valence-corrected chi connectivity index (χ4v) is 5.80. The van der Waals surface area contributed by atoms with Gasteiger partial charge in [0.05, 0.1) is 17.9 Å². The first-order valence-electron chi connectivity index (χ1n) is 12.0. The van der Waals surface area contributed by atoms with E-state index in [1.165, 1.54) is 6.42 Å². The lowest BCUT2D eigenvalue weighted by atomic mass is 9.98. The molecular weight excluding hydrogens is 468 g/mol. The first-order valence-corrected chi connectivity index (χ1v) is 13.5. The Hall–Kier alpha value is -3.34. The molecule has 0 radical (unpaired) electrons. The molecule has 3 N–H and O–H groups in total. The van der Waals surface area contributed by atoms with Gasteiger partial charge in [0, 0.05) is 43.9 Å². The van der Waals surface area contributed by atoms with Gasteiger partial charge in [-0.05, 0) is 56.4 Å². The van der Waals surface area contributed by atoms with Crippen LogP contribution in [0, 0.1) is 5.92 Å². The van der Waals surface area contributed by atoms with Gasteiger partial charge in [-0.3, -0.25) is 9.52 Å². The highest BCUT2D eigenvalue weighted by atomic mass is 32.2. The van der Waals surface area contributed by atoms with Crippen molar-refractivity contribution < 1.29 is 17.9 Å². The predicted octanol–water partition coefficient (Wildman–Crippen LogP) is 2.38. The molecule has 1 aromatic heterocycles. The summed E-state index contributed by atoms with van der Waals surface area (Å²) < 4.78 is 35.6. The van der Waals surface area contributed by atoms with Gasteiger partial charge in [-0.1, -0.05) is 6.07 Å². The minimum absolute atomic E-state index is 0.0123. The molecule has 186 valence electrons. The highest BCUT2D eigenvalue weighted by molar-refractivity contribution is 7.91. The lowest BCUT2D eigenvalue weighted by Gasteiger charge is -2.33. The number of carbonyl (C=O) groups is 1. The summed E-state index contributed by atoms with van der Waals surface area (Å²) in [5.41, 5.74) is 7.36. The molecule has 1 atom stereocenters. The van der Waals surface area contributed by atoms with Crippen LogP contribution in [0.5, 0.6) is 5.75 Å². The molecule has 2 saturated heterocycles. The summed E-state index contributed by atoms with van der Waals surface area (Å²) in [5, 5.41) is 0. The van der Waals surface area contributed by atoms with Crippen molar-refractivity contribution in [1.82, 2.24) is 9.88 Å². The third kappa shape index (κ3) is 5.19. The summed E-state index contributed by atoms with van der Waals surface area (Å²) in [5.74, 6) is 1.40. The first kappa shape index (κ1) is 23.4. The molecule has 0 unspecified atom stereocenters. The molecule has 10 nitrogen and oxygen atoms in total. The highest BCUT2D eigenvalue weighted by Gasteiger charge is 2.28. The lowest BCUT2D eigenvalue weighted by Crippen LogP contribution is -2.41. The zero-order valence-electron chi connectivity index (χ0n) is 19.5. The molecular formula is C24H30N6O4S. The van der Waals surface area contributed by atoms with Crippen LogP contribution in [-0.4, -0.2) is 62.8 Å². The van der Waals surface area contributed by atoms with Gasteiger partial charge < -0.3 is 20.3 Å². The van der Waals surface area contributed by atoms with Crippen molar-refractivity contribution in [2.75, 3.05) is 42.4 Å². The lowest BCUT2D eigenvalue weighted by molar-refractivity contribution is 0.0633. The summed E-state index contributed by atoms with van der Waals surface area (Å²) in [6, 6.07) is 8.76. The van der Waals surface area contributed by atoms with Crippen molar-refractivity contribution in [3.8, 4) is 5.75 Å². The maximum absolute atomic E-state index is 13.3. The number of amidine groups is 1. The number of hydrogen-bond acceptors (Lipinski definition) is 7. The average Bonchev–Trinajstić information content (AvgIpc) is 2.87. The summed E-state index contributed by atoms with van der Waals surface area (Å²) in [6.45, 7) is 3.64. The monoisotopic (exact) mass is 498 g/mol. The molecule has 0 aliphatic carbocycles. The summed E-state index contributed by atoms with van der Waals surface area (Å²) in [7, 11) is -3.85. The molecule has 2 aromatic rings. The Morgan fingerprint density at radius 2 is 1.97 bits per heavy atom. The van der Waals surface area contributed by atoms with E-state index in [4.69, 9.17) is 10.5 Å². The van der Waals surface area contributed by atoms with Crippen LogP contribution in [0.4, 0.5) is 11.5 Å². The number of hydrogen-bond donors (Lipinski definition) is 2. The average molecular weight is 499 g/mol. The van der Waals surface area contributed by atoms with Crippen LogP contribution < -0.4 is 20.1 Å². The van der Waals surface area contributed by atoms with E-state index in [1.807, 2.05) is 11.0 Å². The Bertz CT molecular complexity index is 1240. The topological polar surface area (TPSA) is 130 Å². The van der Waals surface area contributed by atoms with Crippen LogP contribution in [0.2, 0.25) is 0 Å². The Labute approximate surface area is 205 Å². The normalized spacial score (nSPS) is 21.5. The maximum Gasteiger partial charge on any atom is 0.344 e. The SMILES string of the molecule is NC1=NS(=O)(=O)Nc2cccc(OC[C@H]3CCCN(C(=O)c4ccnc(N5CCCCC5)c4)C3)c21. The van der Waals surface area contributed by atoms with Crippen molar-refractivity contribution >= 4 is 33.5 Å². The third-order valence-corrected chi connectivity index (χ3v) is 7.61. The smallest absolute Gasteiger partial charge is 0.344 e. The number of piperidine rings is 2. The van der Waals surface area contributed by atoms with E-state index in [1.54, 1.807) is 30.5 Å². The Morgan fingerprint density at radius 3 is 2.80 bits per heavy atom. The molecule has 35 heavy (non-hydrogen) atoms. The summed E-state index contributed by atoms with van der Waals surface area (Å²) in [6.07, 6.45) is 7.10. The number of anilines is 2. The molecule has 3 aliphatic heterocycles. The summed E-state index contributed by atoms with van der Waals surface area (Å²) >= 11 is 0. The second-order valence-corrected chi connectivity index (χ2v) is 10.6. The van der Waals surface area contributed by atoms with Crippen LogP contribution in [0.15, 0.2) is 40.9 Å². The van der Waals surface area contributed by atoms with Gasteiger partial charge in [-0.25, -0.2) is 4.98 Å². The van der Waals surface area contributed by atoms with E-state index in [0.29, 0.717) is 42.3 Å². The fourth-order valence-electron chi connectivity index (χ4n) is 4.96. The molecule has 0 bridgehead atoms. The standard InChI is InChI=1S/C24H30N6O4S/c25-23-22-19(27-35(32,33)28-23)7-4-8-20(22)34-16-17-6-5-13-30(15-17)24(31)18-9-10-26-21(14-18)29-11-2-1-3-12-29/h4,7-10,14,17,27H,1-3,5-6,11-13,15-16H2,(H2,25,28)/t17-/m0/s1. The Kier molecular flexibility index (Phi) is 6.50. The highest BCUT2D eigenvalue weighted by Crippen LogP contribution is 2.31. The second kappa shape index (κ2) is 9.73. The van der Waals surface area contributed by atoms with E-state index in [9.17, 15) is 13.2 Å². The van der Waals surface area contributed by atoms with E-state index in [-0.39, 0.29) is 17.7 Å². The predicted molar refractivity (Wildman–Crippen MR) is 134 cm³/mol. The zero-order valence-corrected chi connectivity index (χ0v) is 20.3. The number of ether oxygens (including phenoxy) is 1. The first-order chi connectivity index (χ1) is 16.9. The number of benzene rings is 1. The van der Waals surface area contributed by atoms with Crippen LogP contribution in [0.1, 0.15) is 48.0 Å². The van der Waals surface area contributed by atoms with Crippen LogP contribution in [0.3, 0.4) is 0 Å².